The molecule has 2 atom stereocenters. The molecule has 0 fully saturated rings. The molecule has 118 valence electrons. The van der Waals surface area contributed by atoms with Gasteiger partial charge in [0.15, 0.2) is 0 Å². The van der Waals surface area contributed by atoms with E-state index in [1.54, 1.807) is 0 Å². The first-order chi connectivity index (χ1) is 10.0. The average molecular weight is 294 g/mol. The van der Waals surface area contributed by atoms with Crippen LogP contribution in [0.25, 0.3) is 0 Å². The molecule has 0 spiro atoms. The lowest BCUT2D eigenvalue weighted by atomic mass is 10.0. The molecule has 2 amide bonds. The van der Waals surface area contributed by atoms with Gasteiger partial charge in [0.05, 0.1) is 12.7 Å². The molecule has 1 aromatic rings. The number of carbonyl (C=O) groups is 1. The normalized spacial score (nSPS) is 13.5. The first-order valence-corrected chi connectivity index (χ1v) is 7.32. The number of rotatable bonds is 8. The number of carbonyl (C=O) groups excluding carboxylic acids is 1. The van der Waals surface area contributed by atoms with E-state index in [1.807, 2.05) is 6.92 Å². The second-order valence-electron chi connectivity index (χ2n) is 5.26. The molecule has 0 aromatic heterocycles. The number of hydrogen-bond donors (Lipinski definition) is 3. The Bertz CT molecular complexity index is 420. The summed E-state index contributed by atoms with van der Waals surface area (Å²) in [5.41, 5.74) is 2.43. The molecule has 0 saturated carbocycles. The second kappa shape index (κ2) is 9.37. The summed E-state index contributed by atoms with van der Waals surface area (Å²) in [5.74, 6) is 0. The standard InChI is InChI=1S/C16H26N2O3/c1-4-14(9-13-7-5-12(2)6-8-13)18-16(20)17-10-15(19)11-21-3/h5-8,14-15,19H,4,9-11H2,1-3H3,(H2,17,18,20). The summed E-state index contributed by atoms with van der Waals surface area (Å²) in [7, 11) is 1.51. The fourth-order valence-corrected chi connectivity index (χ4v) is 2.00. The van der Waals surface area contributed by atoms with Crippen LogP contribution in [-0.4, -0.2) is 43.5 Å². The fraction of sp³-hybridized carbons (Fsp3) is 0.562. The first-order valence-electron chi connectivity index (χ1n) is 7.32. The smallest absolute Gasteiger partial charge is 0.315 e. The summed E-state index contributed by atoms with van der Waals surface area (Å²) >= 11 is 0. The maximum Gasteiger partial charge on any atom is 0.315 e. The van der Waals surface area contributed by atoms with E-state index in [4.69, 9.17) is 4.74 Å². The van der Waals surface area contributed by atoms with Crippen LogP contribution in [0.3, 0.4) is 0 Å². The zero-order chi connectivity index (χ0) is 15.7. The zero-order valence-corrected chi connectivity index (χ0v) is 13.1. The monoisotopic (exact) mass is 294 g/mol. The van der Waals surface area contributed by atoms with Gasteiger partial charge in [-0.1, -0.05) is 36.8 Å². The van der Waals surface area contributed by atoms with Crippen LogP contribution in [0.15, 0.2) is 24.3 Å². The van der Waals surface area contributed by atoms with Gasteiger partial charge in [-0.25, -0.2) is 4.79 Å². The molecular formula is C16H26N2O3. The number of urea groups is 1. The Labute approximate surface area is 126 Å². The lowest BCUT2D eigenvalue weighted by molar-refractivity contribution is 0.0659. The van der Waals surface area contributed by atoms with Crippen LogP contribution in [0.4, 0.5) is 4.79 Å². The molecule has 0 aliphatic rings. The molecule has 21 heavy (non-hydrogen) atoms. The number of aliphatic hydroxyl groups excluding tert-OH is 1. The number of hydrogen-bond acceptors (Lipinski definition) is 3. The summed E-state index contributed by atoms with van der Waals surface area (Å²) < 4.78 is 4.81. The van der Waals surface area contributed by atoms with Crippen molar-refractivity contribution in [2.45, 2.75) is 38.8 Å². The highest BCUT2D eigenvalue weighted by Gasteiger charge is 2.12. The van der Waals surface area contributed by atoms with E-state index in [1.165, 1.54) is 18.2 Å². The molecule has 5 nitrogen and oxygen atoms in total. The van der Waals surface area contributed by atoms with E-state index in [0.717, 1.165) is 12.8 Å². The zero-order valence-electron chi connectivity index (χ0n) is 13.1. The largest absolute Gasteiger partial charge is 0.389 e. The minimum Gasteiger partial charge on any atom is -0.389 e. The molecule has 1 rings (SSSR count). The van der Waals surface area contributed by atoms with Crippen LogP contribution in [0.1, 0.15) is 24.5 Å². The van der Waals surface area contributed by atoms with Crippen molar-refractivity contribution in [2.24, 2.45) is 0 Å². The van der Waals surface area contributed by atoms with Crippen LogP contribution in [0.2, 0.25) is 0 Å². The van der Waals surface area contributed by atoms with Gasteiger partial charge >= 0.3 is 6.03 Å². The van der Waals surface area contributed by atoms with Crippen LogP contribution in [0, 0.1) is 6.92 Å². The quantitative estimate of drug-likeness (QED) is 0.682. The summed E-state index contributed by atoms with van der Waals surface area (Å²) in [5, 5.41) is 15.1. The summed E-state index contributed by atoms with van der Waals surface area (Å²) in [6, 6.07) is 8.13. The Morgan fingerprint density at radius 3 is 2.57 bits per heavy atom. The van der Waals surface area contributed by atoms with Crippen molar-refractivity contribution in [3.05, 3.63) is 35.4 Å². The molecule has 2 unspecified atom stereocenters. The number of ether oxygens (including phenoxy) is 1. The molecule has 0 aliphatic heterocycles. The van der Waals surface area contributed by atoms with Crippen LogP contribution in [-0.2, 0) is 11.2 Å². The number of methoxy groups -OCH3 is 1. The number of amides is 2. The summed E-state index contributed by atoms with van der Waals surface area (Å²) in [6.45, 7) is 4.48. The number of aliphatic hydroxyl groups is 1. The molecule has 0 heterocycles. The van der Waals surface area contributed by atoms with Crippen LogP contribution < -0.4 is 10.6 Å². The minimum atomic E-state index is -0.682. The van der Waals surface area contributed by atoms with E-state index >= 15 is 0 Å². The predicted molar refractivity (Wildman–Crippen MR) is 83.4 cm³/mol. The third-order valence-corrected chi connectivity index (χ3v) is 3.29. The van der Waals surface area contributed by atoms with Crippen LogP contribution >= 0.6 is 0 Å². The lowest BCUT2D eigenvalue weighted by Crippen LogP contribution is -2.45. The highest BCUT2D eigenvalue weighted by atomic mass is 16.5. The molecule has 0 radical (unpaired) electrons. The van der Waals surface area contributed by atoms with Crippen molar-refractivity contribution in [3.8, 4) is 0 Å². The maximum absolute atomic E-state index is 11.8. The van der Waals surface area contributed by atoms with E-state index in [9.17, 15) is 9.90 Å². The third kappa shape index (κ3) is 7.11. The highest BCUT2D eigenvalue weighted by molar-refractivity contribution is 5.74. The molecule has 0 saturated heterocycles. The van der Waals surface area contributed by atoms with E-state index in [-0.39, 0.29) is 25.2 Å². The second-order valence-corrected chi connectivity index (χ2v) is 5.26. The number of benzene rings is 1. The Morgan fingerprint density at radius 1 is 1.33 bits per heavy atom. The van der Waals surface area contributed by atoms with Crippen molar-refractivity contribution in [2.75, 3.05) is 20.3 Å². The number of nitrogens with one attached hydrogen (secondary N) is 2. The van der Waals surface area contributed by atoms with Gasteiger partial charge < -0.3 is 20.5 Å². The van der Waals surface area contributed by atoms with Crippen molar-refractivity contribution < 1.29 is 14.6 Å². The Balaban J connectivity index is 2.39. The Hall–Kier alpha value is -1.59. The van der Waals surface area contributed by atoms with Crippen molar-refractivity contribution >= 4 is 6.03 Å². The average Bonchev–Trinajstić information content (AvgIpc) is 2.47. The van der Waals surface area contributed by atoms with Gasteiger partial charge in [-0.2, -0.15) is 0 Å². The van der Waals surface area contributed by atoms with Gasteiger partial charge in [0.2, 0.25) is 0 Å². The predicted octanol–water partition coefficient (Wildman–Crippen LogP) is 1.62. The van der Waals surface area contributed by atoms with Gasteiger partial charge in [-0.3, -0.25) is 0 Å². The van der Waals surface area contributed by atoms with E-state index < -0.39 is 6.10 Å². The highest BCUT2D eigenvalue weighted by Crippen LogP contribution is 2.07. The molecule has 5 heteroatoms. The minimum absolute atomic E-state index is 0.0762. The maximum atomic E-state index is 11.8. The Morgan fingerprint density at radius 2 is 2.00 bits per heavy atom. The van der Waals surface area contributed by atoms with Gasteiger partial charge in [0, 0.05) is 19.7 Å². The molecule has 3 N–H and O–H groups in total. The van der Waals surface area contributed by atoms with Gasteiger partial charge in [0.1, 0.15) is 0 Å². The van der Waals surface area contributed by atoms with Crippen LogP contribution in [0.5, 0.6) is 0 Å². The topological polar surface area (TPSA) is 70.6 Å². The van der Waals surface area contributed by atoms with E-state index in [0.29, 0.717) is 0 Å². The molecular weight excluding hydrogens is 268 g/mol. The van der Waals surface area contributed by atoms with Crippen molar-refractivity contribution in [1.82, 2.24) is 10.6 Å². The molecule has 1 aromatic carbocycles. The Kier molecular flexibility index (Phi) is 7.79. The summed E-state index contributed by atoms with van der Waals surface area (Å²) in [4.78, 5) is 11.8. The first kappa shape index (κ1) is 17.5. The van der Waals surface area contributed by atoms with Crippen molar-refractivity contribution in [1.29, 1.82) is 0 Å². The fourth-order valence-electron chi connectivity index (χ4n) is 2.00. The summed E-state index contributed by atoms with van der Waals surface area (Å²) in [6.07, 6.45) is 0.963. The van der Waals surface area contributed by atoms with E-state index in [2.05, 4.69) is 41.8 Å². The lowest BCUT2D eigenvalue weighted by Gasteiger charge is -2.18. The van der Waals surface area contributed by atoms with Gasteiger partial charge in [-0.15, -0.1) is 0 Å². The van der Waals surface area contributed by atoms with Gasteiger partial charge in [-0.05, 0) is 25.3 Å². The molecule has 0 bridgehead atoms. The van der Waals surface area contributed by atoms with Crippen molar-refractivity contribution in [3.63, 3.8) is 0 Å². The number of aryl methyl sites for hydroxylation is 1. The SMILES string of the molecule is CCC(Cc1ccc(C)cc1)NC(=O)NCC(O)COC. The van der Waals surface area contributed by atoms with Gasteiger partial charge in [0.25, 0.3) is 0 Å². The molecule has 0 aliphatic carbocycles. The third-order valence-electron chi connectivity index (χ3n) is 3.29.